The minimum Gasteiger partial charge on any atom is -0.383 e. The Morgan fingerprint density at radius 2 is 1.81 bits per heavy atom. The summed E-state index contributed by atoms with van der Waals surface area (Å²) in [4.78, 5) is 16.8. The molecule has 1 saturated carbocycles. The fraction of sp³-hybridized carbons (Fsp3) is 0.409. The summed E-state index contributed by atoms with van der Waals surface area (Å²) in [6, 6.07) is 14.1. The highest BCUT2D eigenvalue weighted by Gasteiger charge is 2.28. The van der Waals surface area contributed by atoms with Crippen LogP contribution >= 0.6 is 0 Å². The first-order chi connectivity index (χ1) is 13.3. The molecule has 3 aromatic rings. The second-order valence-corrected chi connectivity index (χ2v) is 7.95. The van der Waals surface area contributed by atoms with E-state index in [2.05, 4.69) is 16.0 Å². The molecule has 5 heteroatoms. The summed E-state index contributed by atoms with van der Waals surface area (Å²) >= 11 is 0. The van der Waals surface area contributed by atoms with Gasteiger partial charge in [0.25, 0.3) is 0 Å². The van der Waals surface area contributed by atoms with Crippen molar-refractivity contribution in [2.24, 2.45) is 5.92 Å². The van der Waals surface area contributed by atoms with Crippen molar-refractivity contribution in [3.8, 4) is 11.4 Å². The van der Waals surface area contributed by atoms with Crippen molar-refractivity contribution >= 4 is 16.9 Å². The van der Waals surface area contributed by atoms with Gasteiger partial charge in [-0.2, -0.15) is 0 Å². The van der Waals surface area contributed by atoms with Gasteiger partial charge in [0.1, 0.15) is 5.82 Å². The Balaban J connectivity index is 1.46. The zero-order valence-electron chi connectivity index (χ0n) is 15.5. The van der Waals surface area contributed by atoms with Crippen LogP contribution in [0.4, 0.5) is 5.82 Å². The average Bonchev–Trinajstić information content (AvgIpc) is 3.52. The standard InChI is InChI=1S/C22H25N5/c23-20-18-10-11-19(17-7-4-12-27(14-17)13-15-8-9-15)24-22(18)26-21(25-20)16-5-2-1-3-6-16/h1-3,5-6,10-11,15,17H,4,7-9,12-14H2,(H2,23,24,25,26)/t17-/m0/s1. The van der Waals surface area contributed by atoms with Crippen LogP contribution in [0.5, 0.6) is 0 Å². The number of benzene rings is 1. The lowest BCUT2D eigenvalue weighted by Gasteiger charge is -2.32. The lowest BCUT2D eigenvalue weighted by atomic mass is 9.94. The minimum absolute atomic E-state index is 0.485. The predicted molar refractivity (Wildman–Crippen MR) is 108 cm³/mol. The SMILES string of the molecule is Nc1nc(-c2ccccc2)nc2nc([C@H]3CCCN(CC4CC4)C3)ccc12. The number of likely N-dealkylation sites (tertiary alicyclic amines) is 1. The Morgan fingerprint density at radius 1 is 0.963 bits per heavy atom. The van der Waals surface area contributed by atoms with Gasteiger partial charge in [0.2, 0.25) is 0 Å². The summed E-state index contributed by atoms with van der Waals surface area (Å²) in [7, 11) is 0. The van der Waals surface area contributed by atoms with E-state index >= 15 is 0 Å². The number of piperidine rings is 1. The number of hydrogen-bond acceptors (Lipinski definition) is 5. The molecule has 2 aliphatic rings. The molecule has 0 spiro atoms. The molecule has 0 bridgehead atoms. The highest BCUT2D eigenvalue weighted by atomic mass is 15.1. The number of nitrogen functional groups attached to an aromatic ring is 1. The lowest BCUT2D eigenvalue weighted by molar-refractivity contribution is 0.199. The zero-order valence-corrected chi connectivity index (χ0v) is 15.5. The van der Waals surface area contributed by atoms with Gasteiger partial charge in [0, 0.05) is 30.3 Å². The van der Waals surface area contributed by atoms with Gasteiger partial charge in [-0.25, -0.2) is 15.0 Å². The van der Waals surface area contributed by atoms with Crippen molar-refractivity contribution in [2.75, 3.05) is 25.4 Å². The van der Waals surface area contributed by atoms with Crippen molar-refractivity contribution in [2.45, 2.75) is 31.6 Å². The van der Waals surface area contributed by atoms with Crippen LogP contribution in [0.1, 0.15) is 37.3 Å². The fourth-order valence-electron chi connectivity index (χ4n) is 4.12. The molecule has 2 N–H and O–H groups in total. The molecule has 0 radical (unpaired) electrons. The van der Waals surface area contributed by atoms with E-state index in [4.69, 9.17) is 15.7 Å². The van der Waals surface area contributed by atoms with Crippen molar-refractivity contribution in [1.82, 2.24) is 19.9 Å². The second-order valence-electron chi connectivity index (χ2n) is 7.95. The van der Waals surface area contributed by atoms with Gasteiger partial charge < -0.3 is 10.6 Å². The fourth-order valence-corrected chi connectivity index (χ4v) is 4.12. The number of pyridine rings is 1. The van der Waals surface area contributed by atoms with Crippen LogP contribution in [0, 0.1) is 5.92 Å². The Hall–Kier alpha value is -2.53. The van der Waals surface area contributed by atoms with Crippen LogP contribution in [0.15, 0.2) is 42.5 Å². The Bertz CT molecular complexity index is 952. The molecule has 0 amide bonds. The maximum absolute atomic E-state index is 6.21. The van der Waals surface area contributed by atoms with Gasteiger partial charge in [0.05, 0.1) is 5.39 Å². The summed E-state index contributed by atoms with van der Waals surface area (Å²) in [5.41, 5.74) is 9.02. The van der Waals surface area contributed by atoms with Crippen molar-refractivity contribution in [3.05, 3.63) is 48.2 Å². The van der Waals surface area contributed by atoms with Gasteiger partial charge in [-0.15, -0.1) is 0 Å². The molecule has 2 fully saturated rings. The molecule has 1 aromatic carbocycles. The molecule has 1 aliphatic heterocycles. The number of fused-ring (bicyclic) bond motifs is 1. The van der Waals surface area contributed by atoms with E-state index < -0.39 is 0 Å². The van der Waals surface area contributed by atoms with Crippen molar-refractivity contribution < 1.29 is 0 Å². The first-order valence-corrected chi connectivity index (χ1v) is 9.98. The molecule has 138 valence electrons. The quantitative estimate of drug-likeness (QED) is 0.766. The van der Waals surface area contributed by atoms with Crippen LogP contribution in [0.25, 0.3) is 22.4 Å². The molecular formula is C22H25N5. The second kappa shape index (κ2) is 6.89. The number of hydrogen-bond donors (Lipinski definition) is 1. The van der Waals surface area contributed by atoms with E-state index in [9.17, 15) is 0 Å². The smallest absolute Gasteiger partial charge is 0.165 e. The Labute approximate surface area is 159 Å². The van der Waals surface area contributed by atoms with Crippen molar-refractivity contribution in [3.63, 3.8) is 0 Å². The Morgan fingerprint density at radius 3 is 2.63 bits per heavy atom. The van der Waals surface area contributed by atoms with E-state index in [0.717, 1.165) is 29.1 Å². The van der Waals surface area contributed by atoms with E-state index in [1.807, 2.05) is 36.4 Å². The highest BCUT2D eigenvalue weighted by molar-refractivity contribution is 5.87. The number of rotatable bonds is 4. The van der Waals surface area contributed by atoms with Gasteiger partial charge in [-0.05, 0) is 50.3 Å². The van der Waals surface area contributed by atoms with Crippen LogP contribution in [-0.2, 0) is 0 Å². The van der Waals surface area contributed by atoms with Gasteiger partial charge in [-0.3, -0.25) is 0 Å². The third-order valence-corrected chi connectivity index (χ3v) is 5.78. The van der Waals surface area contributed by atoms with Crippen LogP contribution in [0.2, 0.25) is 0 Å². The maximum Gasteiger partial charge on any atom is 0.165 e. The minimum atomic E-state index is 0.485. The molecular weight excluding hydrogens is 334 g/mol. The lowest BCUT2D eigenvalue weighted by Crippen LogP contribution is -2.36. The summed E-state index contributed by atoms with van der Waals surface area (Å²) in [6.45, 7) is 3.60. The first kappa shape index (κ1) is 16.6. The predicted octanol–water partition coefficient (Wildman–Crippen LogP) is 3.86. The maximum atomic E-state index is 6.21. The summed E-state index contributed by atoms with van der Waals surface area (Å²) in [5, 5.41) is 0.837. The van der Waals surface area contributed by atoms with Crippen molar-refractivity contribution in [1.29, 1.82) is 0 Å². The zero-order chi connectivity index (χ0) is 18.2. The highest BCUT2D eigenvalue weighted by Crippen LogP contribution is 2.33. The van der Waals surface area contributed by atoms with E-state index in [1.165, 1.54) is 38.8 Å². The van der Waals surface area contributed by atoms with E-state index in [1.54, 1.807) is 0 Å². The Kier molecular flexibility index (Phi) is 4.24. The molecule has 0 unspecified atom stereocenters. The van der Waals surface area contributed by atoms with Crippen LogP contribution < -0.4 is 5.73 Å². The van der Waals surface area contributed by atoms with Crippen LogP contribution in [0.3, 0.4) is 0 Å². The molecule has 27 heavy (non-hydrogen) atoms. The van der Waals surface area contributed by atoms with Crippen LogP contribution in [-0.4, -0.2) is 39.5 Å². The van der Waals surface area contributed by atoms with Gasteiger partial charge in [-0.1, -0.05) is 30.3 Å². The largest absolute Gasteiger partial charge is 0.383 e. The number of aromatic nitrogens is 3. The van der Waals surface area contributed by atoms with E-state index in [0.29, 0.717) is 23.2 Å². The molecule has 1 aliphatic carbocycles. The van der Waals surface area contributed by atoms with Gasteiger partial charge >= 0.3 is 0 Å². The topological polar surface area (TPSA) is 67.9 Å². The summed E-state index contributed by atoms with van der Waals surface area (Å²) in [5.74, 6) is 2.56. The monoisotopic (exact) mass is 359 g/mol. The summed E-state index contributed by atoms with van der Waals surface area (Å²) < 4.78 is 0. The number of nitrogens with two attached hydrogens (primary N) is 1. The normalized spacial score (nSPS) is 20.8. The molecule has 5 rings (SSSR count). The number of nitrogens with zero attached hydrogens (tertiary/aromatic N) is 4. The first-order valence-electron chi connectivity index (χ1n) is 9.98. The average molecular weight is 359 g/mol. The third kappa shape index (κ3) is 3.52. The summed E-state index contributed by atoms with van der Waals surface area (Å²) in [6.07, 6.45) is 5.27. The van der Waals surface area contributed by atoms with E-state index in [-0.39, 0.29) is 0 Å². The molecule has 5 nitrogen and oxygen atoms in total. The molecule has 3 heterocycles. The molecule has 2 aromatic heterocycles. The molecule has 1 saturated heterocycles. The molecule has 1 atom stereocenters. The third-order valence-electron chi connectivity index (χ3n) is 5.78. The van der Waals surface area contributed by atoms with Gasteiger partial charge in [0.15, 0.2) is 11.5 Å². The number of anilines is 1.